The molecule has 7 heteroatoms. The summed E-state index contributed by atoms with van der Waals surface area (Å²) in [6.45, 7) is 8.46. The number of alkyl carbamates (subject to hydrolysis) is 1. The number of carboxylic acids is 1. The molecule has 1 unspecified atom stereocenters. The van der Waals surface area contributed by atoms with Crippen molar-refractivity contribution in [1.82, 2.24) is 10.6 Å². The first-order valence-electron chi connectivity index (χ1n) is 11.6. The number of aliphatic carboxylic acids is 1. The van der Waals surface area contributed by atoms with Gasteiger partial charge in [-0.1, -0.05) is 48.5 Å². The number of carboxylic acid groups (broad SMARTS) is 1. The van der Waals surface area contributed by atoms with Crippen LogP contribution in [0.5, 0.6) is 0 Å². The first-order chi connectivity index (χ1) is 16.5. The van der Waals surface area contributed by atoms with E-state index in [9.17, 15) is 19.5 Å². The van der Waals surface area contributed by atoms with Crippen molar-refractivity contribution in [3.63, 3.8) is 0 Å². The van der Waals surface area contributed by atoms with Gasteiger partial charge in [0.15, 0.2) is 0 Å². The molecule has 0 spiro atoms. The lowest BCUT2D eigenvalue weighted by Crippen LogP contribution is -2.61. The van der Waals surface area contributed by atoms with Gasteiger partial charge in [-0.3, -0.25) is 4.79 Å². The molecule has 0 saturated heterocycles. The molecular formula is C28H32N2O5. The summed E-state index contributed by atoms with van der Waals surface area (Å²) in [6, 6.07) is 15.0. The number of fused-ring (bicyclic) bond motifs is 3. The predicted octanol–water partition coefficient (Wildman–Crippen LogP) is 4.31. The quantitative estimate of drug-likeness (QED) is 0.493. The van der Waals surface area contributed by atoms with Crippen LogP contribution in [-0.4, -0.2) is 41.3 Å². The lowest BCUT2D eigenvalue weighted by molar-refractivity contribution is -0.144. The number of hydrogen-bond acceptors (Lipinski definition) is 4. The Morgan fingerprint density at radius 2 is 1.54 bits per heavy atom. The van der Waals surface area contributed by atoms with E-state index in [0.717, 1.165) is 22.3 Å². The smallest absolute Gasteiger partial charge is 0.407 e. The zero-order valence-corrected chi connectivity index (χ0v) is 20.8. The molecule has 0 radical (unpaired) electrons. The Morgan fingerprint density at radius 1 is 1.00 bits per heavy atom. The molecule has 0 fully saturated rings. The van der Waals surface area contributed by atoms with Crippen molar-refractivity contribution >= 4 is 18.0 Å². The monoisotopic (exact) mass is 476 g/mol. The summed E-state index contributed by atoms with van der Waals surface area (Å²) in [5.74, 6) is 3.56. The summed E-state index contributed by atoms with van der Waals surface area (Å²) in [7, 11) is 0. The molecule has 2 aromatic rings. The molecule has 0 aliphatic heterocycles. The van der Waals surface area contributed by atoms with Gasteiger partial charge < -0.3 is 20.5 Å². The highest BCUT2D eigenvalue weighted by Gasteiger charge is 2.45. The van der Waals surface area contributed by atoms with Gasteiger partial charge in [0.1, 0.15) is 12.6 Å². The van der Waals surface area contributed by atoms with Crippen molar-refractivity contribution in [2.45, 2.75) is 58.5 Å². The number of benzene rings is 2. The van der Waals surface area contributed by atoms with E-state index in [0.29, 0.717) is 0 Å². The Balaban J connectivity index is 1.67. The van der Waals surface area contributed by atoms with Crippen LogP contribution in [0.4, 0.5) is 4.79 Å². The maximum Gasteiger partial charge on any atom is 0.407 e. The molecule has 0 bridgehead atoms. The Labute approximate surface area is 206 Å². The average Bonchev–Trinajstić information content (AvgIpc) is 3.13. The van der Waals surface area contributed by atoms with Gasteiger partial charge in [-0.25, -0.2) is 9.59 Å². The largest absolute Gasteiger partial charge is 0.480 e. The molecule has 0 aromatic heterocycles. The van der Waals surface area contributed by atoms with Gasteiger partial charge in [-0.15, -0.1) is 11.8 Å². The number of nitrogens with one attached hydrogen (secondary N) is 2. The maximum absolute atomic E-state index is 13.0. The van der Waals surface area contributed by atoms with Crippen molar-refractivity contribution in [2.24, 2.45) is 5.41 Å². The van der Waals surface area contributed by atoms with Crippen LogP contribution >= 0.6 is 0 Å². The highest BCUT2D eigenvalue weighted by molar-refractivity contribution is 5.88. The van der Waals surface area contributed by atoms with Crippen molar-refractivity contribution < 1.29 is 24.2 Å². The molecule has 3 rings (SSSR count). The zero-order chi connectivity index (χ0) is 25.8. The first-order valence-corrected chi connectivity index (χ1v) is 11.6. The Bertz CT molecular complexity index is 1140. The van der Waals surface area contributed by atoms with Gasteiger partial charge in [0.05, 0.1) is 11.0 Å². The second-order valence-electron chi connectivity index (χ2n) is 9.70. The standard InChI is InChI=1S/C28H32N2O5/c1-6-7-16-23(24(31)32)29-25(33)27(2,3)28(4,5)30-26(34)35-17-22-20-14-10-8-12-18(20)19-13-9-11-15-21(19)22/h8-15,22-23H,16-17H2,1-5H3,(H,29,33)(H,30,34)(H,31,32). The van der Waals surface area contributed by atoms with Gasteiger partial charge in [0.25, 0.3) is 0 Å². The number of ether oxygens (including phenoxy) is 1. The van der Waals surface area contributed by atoms with E-state index in [4.69, 9.17) is 4.74 Å². The molecule has 0 heterocycles. The highest BCUT2D eigenvalue weighted by atomic mass is 16.5. The maximum atomic E-state index is 13.0. The number of carbonyl (C=O) groups is 3. The Kier molecular flexibility index (Phi) is 7.54. The number of amides is 2. The van der Waals surface area contributed by atoms with Gasteiger partial charge in [0.2, 0.25) is 5.91 Å². The van der Waals surface area contributed by atoms with Crippen molar-refractivity contribution in [2.75, 3.05) is 6.61 Å². The number of rotatable bonds is 8. The molecule has 7 nitrogen and oxygen atoms in total. The SMILES string of the molecule is CC#CCC(NC(=O)C(C)(C)C(C)(C)NC(=O)OCC1c2ccccc2-c2ccccc21)C(=O)O. The van der Waals surface area contributed by atoms with Gasteiger partial charge in [-0.05, 0) is 56.9 Å². The molecule has 1 atom stereocenters. The predicted molar refractivity (Wildman–Crippen MR) is 134 cm³/mol. The Hall–Kier alpha value is -3.79. The van der Waals surface area contributed by atoms with E-state index in [1.807, 2.05) is 36.4 Å². The second kappa shape index (κ2) is 10.2. The third kappa shape index (κ3) is 5.32. The average molecular weight is 477 g/mol. The Morgan fingerprint density at radius 3 is 2.06 bits per heavy atom. The third-order valence-corrected chi connectivity index (χ3v) is 6.97. The molecule has 0 saturated carbocycles. The van der Waals surface area contributed by atoms with Gasteiger partial charge >= 0.3 is 12.1 Å². The summed E-state index contributed by atoms with van der Waals surface area (Å²) in [4.78, 5) is 37.3. The zero-order valence-electron chi connectivity index (χ0n) is 20.8. The van der Waals surface area contributed by atoms with Crippen LogP contribution < -0.4 is 10.6 Å². The number of carbonyl (C=O) groups excluding carboxylic acids is 2. The van der Waals surface area contributed by atoms with Crippen LogP contribution in [-0.2, 0) is 14.3 Å². The minimum absolute atomic E-state index is 0.00606. The fourth-order valence-electron chi connectivity index (χ4n) is 4.07. The normalized spacial score (nSPS) is 13.5. The van der Waals surface area contributed by atoms with Crippen LogP contribution in [0.25, 0.3) is 11.1 Å². The lowest BCUT2D eigenvalue weighted by Gasteiger charge is -2.40. The molecule has 35 heavy (non-hydrogen) atoms. The van der Waals surface area contributed by atoms with Crippen LogP contribution in [0.15, 0.2) is 48.5 Å². The van der Waals surface area contributed by atoms with Crippen molar-refractivity contribution in [3.05, 3.63) is 59.7 Å². The molecule has 184 valence electrons. The summed E-state index contributed by atoms with van der Waals surface area (Å²) in [5, 5.41) is 14.7. The summed E-state index contributed by atoms with van der Waals surface area (Å²) >= 11 is 0. The van der Waals surface area contributed by atoms with Crippen LogP contribution in [0.3, 0.4) is 0 Å². The van der Waals surface area contributed by atoms with Crippen molar-refractivity contribution in [3.8, 4) is 23.0 Å². The molecule has 1 aliphatic carbocycles. The van der Waals surface area contributed by atoms with Crippen molar-refractivity contribution in [1.29, 1.82) is 0 Å². The molecule has 2 aromatic carbocycles. The van der Waals surface area contributed by atoms with E-state index in [1.165, 1.54) is 0 Å². The van der Waals surface area contributed by atoms with Gasteiger partial charge in [-0.2, -0.15) is 0 Å². The molecule has 1 aliphatic rings. The molecular weight excluding hydrogens is 444 g/mol. The molecule has 2 amide bonds. The van der Waals surface area contributed by atoms with Gasteiger partial charge in [0, 0.05) is 12.3 Å². The van der Waals surface area contributed by atoms with E-state index >= 15 is 0 Å². The summed E-state index contributed by atoms with van der Waals surface area (Å²) in [5.41, 5.74) is 2.29. The van der Waals surface area contributed by atoms with E-state index in [1.54, 1.807) is 34.6 Å². The minimum Gasteiger partial charge on any atom is -0.480 e. The van der Waals surface area contributed by atoms with Crippen LogP contribution in [0.1, 0.15) is 58.1 Å². The fraction of sp³-hybridized carbons (Fsp3) is 0.393. The van der Waals surface area contributed by atoms with Crippen LogP contribution in [0.2, 0.25) is 0 Å². The topological polar surface area (TPSA) is 105 Å². The lowest BCUT2D eigenvalue weighted by atomic mass is 9.73. The van der Waals surface area contributed by atoms with E-state index in [2.05, 4.69) is 34.6 Å². The summed E-state index contributed by atoms with van der Waals surface area (Å²) in [6.07, 6.45) is -0.655. The first kappa shape index (κ1) is 25.8. The summed E-state index contributed by atoms with van der Waals surface area (Å²) < 4.78 is 5.63. The highest BCUT2D eigenvalue weighted by Crippen LogP contribution is 2.44. The second-order valence-corrected chi connectivity index (χ2v) is 9.70. The fourth-order valence-corrected chi connectivity index (χ4v) is 4.07. The van der Waals surface area contributed by atoms with Crippen LogP contribution in [0, 0.1) is 17.3 Å². The van der Waals surface area contributed by atoms with E-state index in [-0.39, 0.29) is 18.9 Å². The number of hydrogen-bond donors (Lipinski definition) is 3. The molecule has 3 N–H and O–H groups in total. The minimum atomic E-state index is -1.17. The van der Waals surface area contributed by atoms with E-state index < -0.39 is 35.0 Å². The third-order valence-electron chi connectivity index (χ3n) is 6.97.